The van der Waals surface area contributed by atoms with Crippen molar-refractivity contribution in [2.24, 2.45) is 7.05 Å². The minimum absolute atomic E-state index is 0.289. The van der Waals surface area contributed by atoms with Crippen molar-refractivity contribution in [3.63, 3.8) is 0 Å². The molecule has 2 heterocycles. The number of fused-ring (bicyclic) bond motifs is 1. The van der Waals surface area contributed by atoms with Crippen molar-refractivity contribution in [2.75, 3.05) is 0 Å². The maximum Gasteiger partial charge on any atom is 0.144 e. The van der Waals surface area contributed by atoms with Gasteiger partial charge in [0.1, 0.15) is 23.8 Å². The van der Waals surface area contributed by atoms with E-state index in [9.17, 15) is 8.78 Å². The van der Waals surface area contributed by atoms with Crippen LogP contribution in [0.3, 0.4) is 0 Å². The molecule has 0 fully saturated rings. The average molecular weight is 438 g/mol. The molecule has 0 atom stereocenters. The number of aryl methyl sites for hydroxylation is 2. The van der Waals surface area contributed by atoms with E-state index in [0.29, 0.717) is 26.9 Å². The molecule has 4 nitrogen and oxygen atoms in total. The molecule has 8 heteroatoms. The first kappa shape index (κ1) is 17.2. The van der Waals surface area contributed by atoms with Crippen LogP contribution in [0.2, 0.25) is 5.02 Å². The predicted molar refractivity (Wildman–Crippen MR) is 101 cm³/mol. The van der Waals surface area contributed by atoms with Gasteiger partial charge in [0.15, 0.2) is 0 Å². The van der Waals surface area contributed by atoms with Gasteiger partial charge in [0.25, 0.3) is 0 Å². The molecule has 0 N–H and O–H groups in total. The van der Waals surface area contributed by atoms with E-state index in [2.05, 4.69) is 26.0 Å². The molecule has 0 unspecified atom stereocenters. The highest BCUT2D eigenvalue weighted by Crippen LogP contribution is 2.37. The van der Waals surface area contributed by atoms with Crippen LogP contribution >= 0.6 is 27.5 Å². The second kappa shape index (κ2) is 6.17. The lowest BCUT2D eigenvalue weighted by Crippen LogP contribution is -2.03. The summed E-state index contributed by atoms with van der Waals surface area (Å²) in [6.45, 7) is 1.85. The Morgan fingerprint density at radius 2 is 1.88 bits per heavy atom. The van der Waals surface area contributed by atoms with E-state index in [0.717, 1.165) is 11.3 Å². The van der Waals surface area contributed by atoms with Gasteiger partial charge in [-0.2, -0.15) is 5.10 Å². The number of imidazole rings is 1. The number of halogens is 4. The van der Waals surface area contributed by atoms with Crippen molar-refractivity contribution in [2.45, 2.75) is 6.92 Å². The van der Waals surface area contributed by atoms with E-state index >= 15 is 0 Å². The molecule has 0 saturated heterocycles. The molecule has 0 spiro atoms. The molecule has 2 aromatic carbocycles. The second-order valence-corrected chi connectivity index (χ2v) is 7.16. The van der Waals surface area contributed by atoms with Crippen molar-refractivity contribution in [1.82, 2.24) is 19.3 Å². The Morgan fingerprint density at radius 3 is 2.62 bits per heavy atom. The predicted octanol–water partition coefficient (Wildman–Crippen LogP) is 5.43. The molecule has 0 radical (unpaired) electrons. The Bertz CT molecular complexity index is 1170. The Labute approximate surface area is 161 Å². The van der Waals surface area contributed by atoms with Gasteiger partial charge in [0.2, 0.25) is 0 Å². The van der Waals surface area contributed by atoms with Crippen LogP contribution in [0.4, 0.5) is 8.78 Å². The fourth-order valence-corrected chi connectivity index (χ4v) is 4.03. The third-order valence-electron chi connectivity index (χ3n) is 4.18. The Hall–Kier alpha value is -2.25. The van der Waals surface area contributed by atoms with E-state index in [4.69, 9.17) is 11.6 Å². The highest BCUT2D eigenvalue weighted by atomic mass is 79.9. The number of hydrogen-bond donors (Lipinski definition) is 0. The first-order chi connectivity index (χ1) is 12.4. The fourth-order valence-electron chi connectivity index (χ4n) is 3.16. The van der Waals surface area contributed by atoms with Crippen molar-refractivity contribution in [1.29, 1.82) is 0 Å². The summed E-state index contributed by atoms with van der Waals surface area (Å²) in [6, 6.07) is 7.00. The van der Waals surface area contributed by atoms with Crippen molar-refractivity contribution >= 4 is 38.6 Å². The molecule has 0 aliphatic heterocycles. The maximum absolute atomic E-state index is 13.7. The molecule has 0 aliphatic rings. The molecule has 2 aromatic heterocycles. The molecular formula is C18H12BrClF2N4. The zero-order valence-electron chi connectivity index (χ0n) is 13.8. The van der Waals surface area contributed by atoms with Gasteiger partial charge in [-0.25, -0.2) is 13.8 Å². The first-order valence-electron chi connectivity index (χ1n) is 7.68. The summed E-state index contributed by atoms with van der Waals surface area (Å²) in [5, 5.41) is 4.78. The minimum Gasteiger partial charge on any atom is -0.281 e. The number of hydrogen-bond acceptors (Lipinski definition) is 2. The molecule has 26 heavy (non-hydrogen) atoms. The highest BCUT2D eigenvalue weighted by molar-refractivity contribution is 9.10. The van der Waals surface area contributed by atoms with Crippen molar-refractivity contribution in [3.05, 3.63) is 63.5 Å². The van der Waals surface area contributed by atoms with Gasteiger partial charge in [-0.05, 0) is 47.1 Å². The lowest BCUT2D eigenvalue weighted by Gasteiger charge is -2.11. The van der Waals surface area contributed by atoms with Crippen LogP contribution in [0.15, 0.2) is 41.1 Å². The van der Waals surface area contributed by atoms with Gasteiger partial charge < -0.3 is 0 Å². The number of benzene rings is 2. The first-order valence-corrected chi connectivity index (χ1v) is 8.85. The van der Waals surface area contributed by atoms with Crippen LogP contribution in [-0.2, 0) is 7.05 Å². The van der Waals surface area contributed by atoms with E-state index in [1.165, 1.54) is 24.3 Å². The summed E-state index contributed by atoms with van der Waals surface area (Å²) >= 11 is 9.69. The quantitative estimate of drug-likeness (QED) is 0.419. The average Bonchev–Trinajstić information content (AvgIpc) is 3.08. The van der Waals surface area contributed by atoms with E-state index in [1.807, 2.05) is 11.5 Å². The SMILES string of the molecule is Cc1nn(C)c(-n2cnc3cc(F)cc(Br)c32)c1-c1ccc(F)cc1Cl. The molecule has 0 aliphatic carbocycles. The van der Waals surface area contributed by atoms with Gasteiger partial charge in [-0.3, -0.25) is 9.25 Å². The summed E-state index contributed by atoms with van der Waals surface area (Å²) in [7, 11) is 1.80. The summed E-state index contributed by atoms with van der Waals surface area (Å²) in [5.74, 6) is -0.0865. The van der Waals surface area contributed by atoms with Gasteiger partial charge in [0, 0.05) is 28.7 Å². The van der Waals surface area contributed by atoms with Gasteiger partial charge in [-0.15, -0.1) is 0 Å². The monoisotopic (exact) mass is 436 g/mol. The normalized spacial score (nSPS) is 11.5. The molecule has 0 bridgehead atoms. The lowest BCUT2D eigenvalue weighted by molar-refractivity contribution is 0.628. The smallest absolute Gasteiger partial charge is 0.144 e. The molecule has 0 amide bonds. The zero-order chi connectivity index (χ0) is 18.6. The van der Waals surface area contributed by atoms with Gasteiger partial charge in [0.05, 0.1) is 21.7 Å². The van der Waals surface area contributed by atoms with Crippen LogP contribution < -0.4 is 0 Å². The number of aromatic nitrogens is 4. The van der Waals surface area contributed by atoms with Crippen LogP contribution in [-0.4, -0.2) is 19.3 Å². The summed E-state index contributed by atoms with van der Waals surface area (Å²) < 4.78 is 31.2. The second-order valence-electron chi connectivity index (χ2n) is 5.90. The third-order valence-corrected chi connectivity index (χ3v) is 5.10. The standard InChI is InChI=1S/C18H12BrClF2N4/c1-9-16(12-4-3-10(21)6-14(12)20)18(25(2)24-9)26-8-23-15-7-11(22)5-13(19)17(15)26/h3-8H,1-2H3. The highest BCUT2D eigenvalue weighted by Gasteiger charge is 2.22. The van der Waals surface area contributed by atoms with Crippen LogP contribution in [0.25, 0.3) is 28.0 Å². The van der Waals surface area contributed by atoms with Gasteiger partial charge in [-0.1, -0.05) is 11.6 Å². The van der Waals surface area contributed by atoms with Crippen LogP contribution in [0, 0.1) is 18.6 Å². The molecule has 4 rings (SSSR count). The Balaban J connectivity index is 2.05. The molecule has 0 saturated carbocycles. The third kappa shape index (κ3) is 2.62. The van der Waals surface area contributed by atoms with Crippen LogP contribution in [0.5, 0.6) is 0 Å². The lowest BCUT2D eigenvalue weighted by atomic mass is 10.1. The fraction of sp³-hybridized carbons (Fsp3) is 0.111. The summed E-state index contributed by atoms with van der Waals surface area (Å²) in [4.78, 5) is 4.30. The van der Waals surface area contributed by atoms with E-state index in [1.54, 1.807) is 24.1 Å². The molecule has 132 valence electrons. The van der Waals surface area contributed by atoms with Crippen LogP contribution in [0.1, 0.15) is 5.69 Å². The van der Waals surface area contributed by atoms with Crippen molar-refractivity contribution in [3.8, 4) is 16.9 Å². The minimum atomic E-state index is -0.409. The Morgan fingerprint density at radius 1 is 1.12 bits per heavy atom. The number of nitrogens with zero attached hydrogens (tertiary/aromatic N) is 4. The van der Waals surface area contributed by atoms with E-state index < -0.39 is 5.82 Å². The molecule has 4 aromatic rings. The van der Waals surface area contributed by atoms with E-state index in [-0.39, 0.29) is 10.8 Å². The van der Waals surface area contributed by atoms with Gasteiger partial charge >= 0.3 is 0 Å². The maximum atomic E-state index is 13.7. The Kier molecular flexibility index (Phi) is 4.08. The number of rotatable bonds is 2. The van der Waals surface area contributed by atoms with Crippen molar-refractivity contribution < 1.29 is 8.78 Å². The molecular weight excluding hydrogens is 426 g/mol. The summed E-state index contributed by atoms with van der Waals surface area (Å²) in [6.07, 6.45) is 1.60. The summed E-state index contributed by atoms with van der Waals surface area (Å²) in [5.41, 5.74) is 3.36. The zero-order valence-corrected chi connectivity index (χ0v) is 16.1. The topological polar surface area (TPSA) is 35.6 Å². The largest absolute Gasteiger partial charge is 0.281 e.